The van der Waals surface area contributed by atoms with E-state index in [4.69, 9.17) is 0 Å². The fraction of sp³-hybridized carbons (Fsp3) is 0.429. The summed E-state index contributed by atoms with van der Waals surface area (Å²) in [5, 5.41) is 0. The van der Waals surface area contributed by atoms with Gasteiger partial charge in [-0.3, -0.25) is 9.97 Å². The average Bonchev–Trinajstić information content (AvgIpc) is 2.27. The van der Waals surface area contributed by atoms with E-state index in [1.54, 1.807) is 0 Å². The summed E-state index contributed by atoms with van der Waals surface area (Å²) < 4.78 is 0. The van der Waals surface area contributed by atoms with E-state index in [1.165, 1.54) is 11.1 Å². The minimum Gasteiger partial charge on any atom is -0.254 e. The van der Waals surface area contributed by atoms with E-state index in [1.807, 2.05) is 24.5 Å². The number of rotatable bonds is 2. The highest BCUT2D eigenvalue weighted by molar-refractivity contribution is 5.79. The molecule has 0 radical (unpaired) electrons. The first kappa shape index (κ1) is 11.1. The van der Waals surface area contributed by atoms with Gasteiger partial charge in [-0.05, 0) is 35.1 Å². The lowest BCUT2D eigenvalue weighted by atomic mass is 9.91. The lowest BCUT2D eigenvalue weighted by Crippen LogP contribution is -2.02. The first-order valence-electron chi connectivity index (χ1n) is 5.84. The zero-order chi connectivity index (χ0) is 11.7. The van der Waals surface area contributed by atoms with Crippen LogP contribution in [0, 0.1) is 0 Å². The molecule has 2 heterocycles. The van der Waals surface area contributed by atoms with Crippen molar-refractivity contribution in [2.45, 2.75) is 39.5 Å². The van der Waals surface area contributed by atoms with Crippen LogP contribution in [-0.2, 0) is 0 Å². The average molecular weight is 214 g/mol. The molecule has 0 atom stereocenters. The molecule has 0 N–H and O–H groups in total. The predicted octanol–water partition coefficient (Wildman–Crippen LogP) is 3.88. The summed E-state index contributed by atoms with van der Waals surface area (Å²) in [6, 6.07) is 3.97. The molecule has 0 saturated heterocycles. The largest absolute Gasteiger partial charge is 0.254 e. The van der Waals surface area contributed by atoms with Gasteiger partial charge < -0.3 is 0 Å². The molecular formula is C14H18N2. The second kappa shape index (κ2) is 4.20. The van der Waals surface area contributed by atoms with Gasteiger partial charge in [-0.1, -0.05) is 27.7 Å². The van der Waals surface area contributed by atoms with Crippen LogP contribution in [0.25, 0.3) is 11.0 Å². The Morgan fingerprint density at radius 1 is 1.00 bits per heavy atom. The van der Waals surface area contributed by atoms with Crippen LogP contribution in [0.3, 0.4) is 0 Å². The fourth-order valence-electron chi connectivity index (χ4n) is 2.12. The summed E-state index contributed by atoms with van der Waals surface area (Å²) >= 11 is 0. The molecule has 2 aromatic rings. The normalized spacial score (nSPS) is 11.6. The number of hydrogen-bond donors (Lipinski definition) is 0. The van der Waals surface area contributed by atoms with Crippen LogP contribution in [0.5, 0.6) is 0 Å². The van der Waals surface area contributed by atoms with Crippen LogP contribution in [0.1, 0.15) is 50.7 Å². The lowest BCUT2D eigenvalue weighted by Gasteiger charge is -2.16. The minimum atomic E-state index is 0.484. The quantitative estimate of drug-likeness (QED) is 0.758. The molecule has 0 fully saturated rings. The van der Waals surface area contributed by atoms with Crippen molar-refractivity contribution < 1.29 is 0 Å². The first-order valence-corrected chi connectivity index (χ1v) is 5.84. The molecule has 0 aliphatic carbocycles. The number of aromatic nitrogens is 2. The summed E-state index contributed by atoms with van der Waals surface area (Å²) in [7, 11) is 0. The molecular weight excluding hydrogens is 196 g/mol. The molecule has 84 valence electrons. The molecule has 0 saturated carbocycles. The zero-order valence-corrected chi connectivity index (χ0v) is 10.4. The van der Waals surface area contributed by atoms with E-state index in [2.05, 4.69) is 37.7 Å². The second-order valence-electron chi connectivity index (χ2n) is 4.81. The Labute approximate surface area is 96.7 Å². The van der Waals surface area contributed by atoms with E-state index in [-0.39, 0.29) is 0 Å². The Kier molecular flexibility index (Phi) is 2.90. The van der Waals surface area contributed by atoms with Crippen molar-refractivity contribution in [1.82, 2.24) is 9.97 Å². The Morgan fingerprint density at radius 2 is 1.75 bits per heavy atom. The van der Waals surface area contributed by atoms with Gasteiger partial charge in [0.25, 0.3) is 0 Å². The molecule has 16 heavy (non-hydrogen) atoms. The Morgan fingerprint density at radius 3 is 2.38 bits per heavy atom. The van der Waals surface area contributed by atoms with Crippen molar-refractivity contribution in [3.63, 3.8) is 0 Å². The van der Waals surface area contributed by atoms with Crippen molar-refractivity contribution in [2.24, 2.45) is 0 Å². The highest BCUT2D eigenvalue weighted by atomic mass is 14.7. The van der Waals surface area contributed by atoms with Gasteiger partial charge in [0.2, 0.25) is 0 Å². The van der Waals surface area contributed by atoms with Crippen LogP contribution < -0.4 is 0 Å². The Balaban J connectivity index is 2.79. The molecule has 2 nitrogen and oxygen atoms in total. The summed E-state index contributed by atoms with van der Waals surface area (Å²) in [4.78, 5) is 8.97. The topological polar surface area (TPSA) is 25.8 Å². The van der Waals surface area contributed by atoms with Crippen molar-refractivity contribution in [3.8, 4) is 0 Å². The van der Waals surface area contributed by atoms with E-state index in [0.29, 0.717) is 11.8 Å². The van der Waals surface area contributed by atoms with E-state index >= 15 is 0 Å². The highest BCUT2D eigenvalue weighted by Crippen LogP contribution is 2.30. The molecule has 0 spiro atoms. The maximum absolute atomic E-state index is 4.48. The van der Waals surface area contributed by atoms with Gasteiger partial charge in [0, 0.05) is 12.4 Å². The number of fused-ring (bicyclic) bond motifs is 1. The number of pyridine rings is 2. The van der Waals surface area contributed by atoms with Gasteiger partial charge >= 0.3 is 0 Å². The van der Waals surface area contributed by atoms with Crippen molar-refractivity contribution in [2.75, 3.05) is 0 Å². The molecule has 0 bridgehead atoms. The van der Waals surface area contributed by atoms with Crippen LogP contribution in [0.15, 0.2) is 24.5 Å². The third kappa shape index (κ3) is 1.80. The van der Waals surface area contributed by atoms with Crippen LogP contribution in [0.2, 0.25) is 0 Å². The minimum absolute atomic E-state index is 0.484. The smallest absolute Gasteiger partial charge is 0.0924 e. The third-order valence-electron chi connectivity index (χ3n) is 2.89. The van der Waals surface area contributed by atoms with Crippen LogP contribution in [-0.4, -0.2) is 9.97 Å². The second-order valence-corrected chi connectivity index (χ2v) is 4.81. The molecule has 2 aromatic heterocycles. The van der Waals surface area contributed by atoms with Gasteiger partial charge in [-0.15, -0.1) is 0 Å². The zero-order valence-electron chi connectivity index (χ0n) is 10.4. The summed E-state index contributed by atoms with van der Waals surface area (Å²) in [6.45, 7) is 8.85. The van der Waals surface area contributed by atoms with Gasteiger partial charge in [0.15, 0.2) is 0 Å². The summed E-state index contributed by atoms with van der Waals surface area (Å²) in [5.74, 6) is 0.981. The standard InChI is InChI=1S/C14H18N2/c1-9(2)11-8-16-12-6-5-7-15-14(12)13(11)10(3)4/h5-10H,1-4H3. The molecule has 0 aliphatic heterocycles. The maximum atomic E-state index is 4.48. The molecule has 2 rings (SSSR count). The van der Waals surface area contributed by atoms with E-state index in [0.717, 1.165) is 11.0 Å². The SMILES string of the molecule is CC(C)c1cnc2cccnc2c1C(C)C. The number of hydrogen-bond acceptors (Lipinski definition) is 2. The fourth-order valence-corrected chi connectivity index (χ4v) is 2.12. The third-order valence-corrected chi connectivity index (χ3v) is 2.89. The summed E-state index contributed by atoms with van der Waals surface area (Å²) in [6.07, 6.45) is 3.85. The predicted molar refractivity (Wildman–Crippen MR) is 67.7 cm³/mol. The molecule has 2 heteroatoms. The highest BCUT2D eigenvalue weighted by Gasteiger charge is 2.14. The van der Waals surface area contributed by atoms with Crippen LogP contribution in [0.4, 0.5) is 0 Å². The Bertz CT molecular complexity index is 501. The van der Waals surface area contributed by atoms with Crippen molar-refractivity contribution in [1.29, 1.82) is 0 Å². The monoisotopic (exact) mass is 214 g/mol. The first-order chi connectivity index (χ1) is 7.61. The van der Waals surface area contributed by atoms with E-state index in [9.17, 15) is 0 Å². The molecule has 0 aromatic carbocycles. The van der Waals surface area contributed by atoms with E-state index < -0.39 is 0 Å². The molecule has 0 aliphatic rings. The van der Waals surface area contributed by atoms with Crippen LogP contribution >= 0.6 is 0 Å². The Hall–Kier alpha value is -1.44. The number of nitrogens with zero attached hydrogens (tertiary/aromatic N) is 2. The van der Waals surface area contributed by atoms with Gasteiger partial charge in [0.1, 0.15) is 0 Å². The summed E-state index contributed by atoms with van der Waals surface area (Å²) in [5.41, 5.74) is 4.72. The lowest BCUT2D eigenvalue weighted by molar-refractivity contribution is 0.790. The van der Waals surface area contributed by atoms with Gasteiger partial charge in [0.05, 0.1) is 11.0 Å². The molecule has 0 amide bonds. The molecule has 0 unspecified atom stereocenters. The van der Waals surface area contributed by atoms with Gasteiger partial charge in [-0.2, -0.15) is 0 Å². The van der Waals surface area contributed by atoms with Crippen molar-refractivity contribution in [3.05, 3.63) is 35.7 Å². The maximum Gasteiger partial charge on any atom is 0.0924 e. The van der Waals surface area contributed by atoms with Gasteiger partial charge in [-0.25, -0.2) is 0 Å². The van der Waals surface area contributed by atoms with Crippen molar-refractivity contribution >= 4 is 11.0 Å².